The number of nitrogens with zero attached hydrogens (tertiary/aromatic N) is 2. The number of hydrogen-bond acceptors (Lipinski definition) is 4. The highest BCUT2D eigenvalue weighted by Gasteiger charge is 2.17. The normalized spacial score (nSPS) is 11.5. The summed E-state index contributed by atoms with van der Waals surface area (Å²) in [4.78, 5) is 8.55. The average molecular weight is 285 g/mol. The number of aromatic nitrogens is 2. The zero-order chi connectivity index (χ0) is 15.5. The lowest BCUT2D eigenvalue weighted by Crippen LogP contribution is -2.14. The number of hydrogen-bond donors (Lipinski definition) is 1. The summed E-state index contributed by atoms with van der Waals surface area (Å²) in [6, 6.07) is 10.3. The van der Waals surface area contributed by atoms with Gasteiger partial charge in [0.05, 0.1) is 5.69 Å². The molecule has 2 rings (SSSR count). The molecule has 2 N–H and O–H groups in total. The van der Waals surface area contributed by atoms with Crippen molar-refractivity contribution in [2.24, 2.45) is 5.73 Å². The average Bonchev–Trinajstić information content (AvgIpc) is 2.47. The van der Waals surface area contributed by atoms with Gasteiger partial charge in [0.15, 0.2) is 0 Å². The highest BCUT2D eigenvalue weighted by molar-refractivity contribution is 5.33. The molecule has 4 nitrogen and oxygen atoms in total. The van der Waals surface area contributed by atoms with Crippen molar-refractivity contribution in [3.05, 3.63) is 47.3 Å². The Balaban J connectivity index is 2.19. The van der Waals surface area contributed by atoms with Gasteiger partial charge in [0.1, 0.15) is 5.75 Å². The monoisotopic (exact) mass is 285 g/mol. The minimum atomic E-state index is 0.172. The van der Waals surface area contributed by atoms with Gasteiger partial charge >= 0.3 is 6.01 Å². The molecule has 0 amide bonds. The van der Waals surface area contributed by atoms with Gasteiger partial charge in [0.25, 0.3) is 0 Å². The van der Waals surface area contributed by atoms with E-state index in [-0.39, 0.29) is 5.41 Å². The second kappa shape index (κ2) is 6.22. The summed E-state index contributed by atoms with van der Waals surface area (Å²) in [6.45, 7) is 8.95. The fourth-order valence-electron chi connectivity index (χ4n) is 2.04. The molecule has 1 aromatic carbocycles. The summed E-state index contributed by atoms with van der Waals surface area (Å²) < 4.78 is 5.73. The zero-order valence-electron chi connectivity index (χ0n) is 13.2. The van der Waals surface area contributed by atoms with Crippen LogP contribution in [0.3, 0.4) is 0 Å². The number of ether oxygens (including phenoxy) is 1. The summed E-state index contributed by atoms with van der Waals surface area (Å²) in [5.74, 6) is 0.735. The van der Waals surface area contributed by atoms with Gasteiger partial charge in [-0.05, 0) is 42.5 Å². The molecular formula is C17H23N3O. The predicted octanol–water partition coefficient (Wildman–Crippen LogP) is 3.72. The number of aryl methyl sites for hydroxylation is 1. The van der Waals surface area contributed by atoms with Gasteiger partial charge in [0.2, 0.25) is 0 Å². The Morgan fingerprint density at radius 3 is 2.38 bits per heavy atom. The van der Waals surface area contributed by atoms with Crippen LogP contribution in [-0.2, 0) is 12.0 Å². The van der Waals surface area contributed by atoms with E-state index in [1.54, 1.807) is 0 Å². The number of benzene rings is 1. The maximum Gasteiger partial charge on any atom is 0.322 e. The van der Waals surface area contributed by atoms with Crippen LogP contribution in [0.2, 0.25) is 0 Å². The number of rotatable bonds is 5. The smallest absolute Gasteiger partial charge is 0.322 e. The third kappa shape index (κ3) is 3.79. The molecule has 4 heteroatoms. The van der Waals surface area contributed by atoms with Gasteiger partial charge in [-0.2, -0.15) is 4.98 Å². The van der Waals surface area contributed by atoms with E-state index in [0.717, 1.165) is 23.6 Å². The highest BCUT2D eigenvalue weighted by Crippen LogP contribution is 2.29. The maximum absolute atomic E-state index is 5.73. The molecule has 0 radical (unpaired) electrons. The third-order valence-corrected chi connectivity index (χ3v) is 3.82. The molecule has 0 saturated carbocycles. The van der Waals surface area contributed by atoms with E-state index in [9.17, 15) is 0 Å². The van der Waals surface area contributed by atoms with Gasteiger partial charge in [-0.25, -0.2) is 4.98 Å². The minimum absolute atomic E-state index is 0.172. The SMILES string of the molecule is CCC(C)(C)c1ccc(Oc2nc(C)cc(CN)n2)cc1. The molecule has 0 aliphatic carbocycles. The van der Waals surface area contributed by atoms with Crippen LogP contribution in [0.1, 0.15) is 44.1 Å². The summed E-state index contributed by atoms with van der Waals surface area (Å²) >= 11 is 0. The molecule has 1 heterocycles. The molecule has 21 heavy (non-hydrogen) atoms. The minimum Gasteiger partial charge on any atom is -0.424 e. The van der Waals surface area contributed by atoms with Gasteiger partial charge in [-0.15, -0.1) is 0 Å². The van der Waals surface area contributed by atoms with E-state index in [0.29, 0.717) is 12.6 Å². The van der Waals surface area contributed by atoms with Crippen LogP contribution in [0.4, 0.5) is 0 Å². The summed E-state index contributed by atoms with van der Waals surface area (Å²) in [5.41, 5.74) is 8.72. The van der Waals surface area contributed by atoms with E-state index >= 15 is 0 Å². The van der Waals surface area contributed by atoms with E-state index in [1.807, 2.05) is 25.1 Å². The first-order chi connectivity index (χ1) is 9.94. The quantitative estimate of drug-likeness (QED) is 0.909. The maximum atomic E-state index is 5.73. The van der Waals surface area contributed by atoms with Crippen molar-refractivity contribution in [3.63, 3.8) is 0 Å². The lowest BCUT2D eigenvalue weighted by molar-refractivity contribution is 0.436. The molecule has 0 fully saturated rings. The van der Waals surface area contributed by atoms with Crippen LogP contribution >= 0.6 is 0 Å². The predicted molar refractivity (Wildman–Crippen MR) is 84.5 cm³/mol. The lowest BCUT2D eigenvalue weighted by Gasteiger charge is -2.23. The lowest BCUT2D eigenvalue weighted by atomic mass is 9.82. The van der Waals surface area contributed by atoms with E-state index in [2.05, 4.69) is 42.9 Å². The summed E-state index contributed by atoms with van der Waals surface area (Å²) in [7, 11) is 0. The van der Waals surface area contributed by atoms with Crippen LogP contribution in [0.25, 0.3) is 0 Å². The van der Waals surface area contributed by atoms with Crippen LogP contribution in [-0.4, -0.2) is 9.97 Å². The first-order valence-corrected chi connectivity index (χ1v) is 7.27. The first-order valence-electron chi connectivity index (χ1n) is 7.27. The standard InChI is InChI=1S/C17H23N3O/c1-5-17(3,4)13-6-8-15(9-7-13)21-16-19-12(2)10-14(11-18)20-16/h6-10H,5,11,18H2,1-4H3. The summed E-state index contributed by atoms with van der Waals surface area (Å²) in [5, 5.41) is 0. The van der Waals surface area contributed by atoms with Crippen molar-refractivity contribution in [2.45, 2.75) is 46.1 Å². The second-order valence-electron chi connectivity index (χ2n) is 5.85. The molecule has 0 aliphatic heterocycles. The summed E-state index contributed by atoms with van der Waals surface area (Å²) in [6.07, 6.45) is 1.09. The van der Waals surface area contributed by atoms with Gasteiger partial charge in [0, 0.05) is 12.2 Å². The van der Waals surface area contributed by atoms with Crippen molar-refractivity contribution in [1.29, 1.82) is 0 Å². The fourth-order valence-corrected chi connectivity index (χ4v) is 2.04. The van der Waals surface area contributed by atoms with Crippen molar-refractivity contribution >= 4 is 0 Å². The molecule has 112 valence electrons. The Morgan fingerprint density at radius 1 is 1.14 bits per heavy atom. The Bertz CT molecular complexity index is 606. The Hall–Kier alpha value is -1.94. The van der Waals surface area contributed by atoms with E-state index in [4.69, 9.17) is 10.5 Å². The molecule has 0 saturated heterocycles. The first kappa shape index (κ1) is 15.4. The van der Waals surface area contributed by atoms with Crippen molar-refractivity contribution in [2.75, 3.05) is 0 Å². The molecule has 0 spiro atoms. The van der Waals surface area contributed by atoms with Crippen molar-refractivity contribution in [3.8, 4) is 11.8 Å². The Labute approximate surface area is 126 Å². The number of nitrogens with two attached hydrogens (primary N) is 1. The topological polar surface area (TPSA) is 61.0 Å². The highest BCUT2D eigenvalue weighted by atomic mass is 16.5. The molecule has 0 bridgehead atoms. The molecule has 0 aliphatic rings. The largest absolute Gasteiger partial charge is 0.424 e. The second-order valence-corrected chi connectivity index (χ2v) is 5.85. The Kier molecular flexibility index (Phi) is 4.58. The fraction of sp³-hybridized carbons (Fsp3) is 0.412. The van der Waals surface area contributed by atoms with Gasteiger partial charge < -0.3 is 10.5 Å². The molecule has 2 aromatic rings. The third-order valence-electron chi connectivity index (χ3n) is 3.82. The van der Waals surface area contributed by atoms with Crippen LogP contribution in [0.15, 0.2) is 30.3 Å². The van der Waals surface area contributed by atoms with Crippen LogP contribution < -0.4 is 10.5 Å². The van der Waals surface area contributed by atoms with Gasteiger partial charge in [-0.1, -0.05) is 32.9 Å². The molecular weight excluding hydrogens is 262 g/mol. The molecule has 0 unspecified atom stereocenters. The van der Waals surface area contributed by atoms with Gasteiger partial charge in [-0.3, -0.25) is 0 Å². The van der Waals surface area contributed by atoms with Crippen molar-refractivity contribution < 1.29 is 4.74 Å². The van der Waals surface area contributed by atoms with Crippen molar-refractivity contribution in [1.82, 2.24) is 9.97 Å². The molecule has 1 aromatic heterocycles. The van der Waals surface area contributed by atoms with Crippen LogP contribution in [0, 0.1) is 6.92 Å². The Morgan fingerprint density at radius 2 is 1.81 bits per heavy atom. The zero-order valence-corrected chi connectivity index (χ0v) is 13.2. The van der Waals surface area contributed by atoms with Crippen LogP contribution in [0.5, 0.6) is 11.8 Å². The van der Waals surface area contributed by atoms with E-state index in [1.165, 1.54) is 5.56 Å². The van der Waals surface area contributed by atoms with E-state index < -0.39 is 0 Å². The molecule has 0 atom stereocenters.